The fourth-order valence-corrected chi connectivity index (χ4v) is 6.67. The minimum atomic E-state index is 0.667. The molecular formula is C46H31N5. The molecule has 0 aliphatic heterocycles. The van der Waals surface area contributed by atoms with E-state index in [4.69, 9.17) is 19.9 Å². The molecular weight excluding hydrogens is 623 g/mol. The number of hydrogen-bond acceptors (Lipinski definition) is 5. The van der Waals surface area contributed by atoms with E-state index in [0.717, 1.165) is 78.1 Å². The van der Waals surface area contributed by atoms with Crippen LogP contribution in [0.3, 0.4) is 0 Å². The first kappa shape index (κ1) is 30.2. The maximum Gasteiger partial charge on any atom is 0.160 e. The zero-order chi connectivity index (χ0) is 34.1. The lowest BCUT2D eigenvalue weighted by Crippen LogP contribution is -1.97. The molecule has 0 saturated carbocycles. The van der Waals surface area contributed by atoms with Crippen molar-refractivity contribution in [2.45, 2.75) is 6.92 Å². The number of aromatic nitrogens is 5. The third-order valence-electron chi connectivity index (χ3n) is 9.21. The van der Waals surface area contributed by atoms with Crippen molar-refractivity contribution < 1.29 is 0 Å². The van der Waals surface area contributed by atoms with Crippen LogP contribution in [0.4, 0.5) is 0 Å². The Labute approximate surface area is 296 Å². The summed E-state index contributed by atoms with van der Waals surface area (Å²) in [5, 5.41) is 2.18. The van der Waals surface area contributed by atoms with E-state index in [1.54, 1.807) is 6.20 Å². The van der Waals surface area contributed by atoms with E-state index in [-0.39, 0.29) is 0 Å². The molecule has 9 aromatic rings. The molecule has 0 bridgehead atoms. The van der Waals surface area contributed by atoms with Crippen LogP contribution in [-0.4, -0.2) is 24.9 Å². The van der Waals surface area contributed by atoms with Crippen LogP contribution < -0.4 is 0 Å². The summed E-state index contributed by atoms with van der Waals surface area (Å²) in [5.74, 6) is 0.667. The molecule has 0 unspecified atom stereocenters. The molecule has 5 heteroatoms. The summed E-state index contributed by atoms with van der Waals surface area (Å²) in [6.45, 7) is 2.05. The molecule has 4 aromatic heterocycles. The molecule has 0 aliphatic rings. The zero-order valence-electron chi connectivity index (χ0n) is 27.9. The van der Waals surface area contributed by atoms with E-state index in [9.17, 15) is 0 Å². The van der Waals surface area contributed by atoms with Crippen LogP contribution in [0.15, 0.2) is 170 Å². The minimum absolute atomic E-state index is 0.667. The number of nitrogens with zero attached hydrogens (tertiary/aromatic N) is 5. The summed E-state index contributed by atoms with van der Waals surface area (Å²) in [6, 6.07) is 56.3. The standard InChI is InChI=1S/C46H31N5/c1-30-27-39(32-11-4-2-5-12-32)38-24-22-34-23-25-40(49-44(34)45(38)48-30)33-20-18-31(19-21-33)36-15-10-16-37(28-36)42-29-43(41-17-8-9-26-47-41)51-46(50-42)35-13-6-3-7-14-35/h2-29H,1H3. The summed E-state index contributed by atoms with van der Waals surface area (Å²) in [5.41, 5.74) is 13.7. The first-order chi connectivity index (χ1) is 25.2. The van der Waals surface area contributed by atoms with Gasteiger partial charge in [-0.25, -0.2) is 15.0 Å². The minimum Gasteiger partial charge on any atom is -0.255 e. The SMILES string of the molecule is Cc1cc(-c2ccccc2)c2ccc3ccc(-c4ccc(-c5cccc(-c6cc(-c7ccccn7)nc(-c7ccccc7)n6)c5)cc4)nc3c2n1. The first-order valence-corrected chi connectivity index (χ1v) is 17.0. The molecule has 240 valence electrons. The molecule has 0 radical (unpaired) electrons. The highest BCUT2D eigenvalue weighted by Crippen LogP contribution is 2.34. The molecule has 51 heavy (non-hydrogen) atoms. The van der Waals surface area contributed by atoms with E-state index in [1.807, 2.05) is 60.7 Å². The second-order valence-electron chi connectivity index (χ2n) is 12.6. The first-order valence-electron chi connectivity index (χ1n) is 17.0. The fourth-order valence-electron chi connectivity index (χ4n) is 6.67. The van der Waals surface area contributed by atoms with E-state index < -0.39 is 0 Å². The number of pyridine rings is 3. The Morgan fingerprint density at radius 1 is 0.373 bits per heavy atom. The molecule has 4 heterocycles. The van der Waals surface area contributed by atoms with Crippen molar-refractivity contribution in [1.82, 2.24) is 24.9 Å². The highest BCUT2D eigenvalue weighted by Gasteiger charge is 2.14. The van der Waals surface area contributed by atoms with Gasteiger partial charge in [-0.3, -0.25) is 9.97 Å². The number of benzene rings is 5. The van der Waals surface area contributed by atoms with Crippen molar-refractivity contribution >= 4 is 21.8 Å². The average molecular weight is 654 g/mol. The monoisotopic (exact) mass is 653 g/mol. The molecule has 0 amide bonds. The van der Waals surface area contributed by atoms with Gasteiger partial charge in [-0.1, -0.05) is 127 Å². The van der Waals surface area contributed by atoms with Crippen LogP contribution >= 0.6 is 0 Å². The lowest BCUT2D eigenvalue weighted by atomic mass is 9.98. The summed E-state index contributed by atoms with van der Waals surface area (Å²) >= 11 is 0. The number of rotatable bonds is 6. The van der Waals surface area contributed by atoms with E-state index >= 15 is 0 Å². The second kappa shape index (κ2) is 12.9. The van der Waals surface area contributed by atoms with Gasteiger partial charge >= 0.3 is 0 Å². The van der Waals surface area contributed by atoms with Crippen molar-refractivity contribution in [1.29, 1.82) is 0 Å². The van der Waals surface area contributed by atoms with Crippen molar-refractivity contribution in [2.24, 2.45) is 0 Å². The Hall–Kier alpha value is -6.85. The zero-order valence-corrected chi connectivity index (χ0v) is 27.9. The van der Waals surface area contributed by atoms with Gasteiger partial charge in [0.15, 0.2) is 5.82 Å². The highest BCUT2D eigenvalue weighted by molar-refractivity contribution is 6.08. The molecule has 0 N–H and O–H groups in total. The van der Waals surface area contributed by atoms with E-state index in [0.29, 0.717) is 5.82 Å². The third-order valence-corrected chi connectivity index (χ3v) is 9.21. The van der Waals surface area contributed by atoms with Crippen molar-refractivity contribution in [3.8, 4) is 67.5 Å². The maximum absolute atomic E-state index is 5.19. The molecule has 5 aromatic carbocycles. The molecule has 5 nitrogen and oxygen atoms in total. The molecule has 0 atom stereocenters. The molecule has 0 aliphatic carbocycles. The summed E-state index contributed by atoms with van der Waals surface area (Å²) in [7, 11) is 0. The van der Waals surface area contributed by atoms with Crippen molar-refractivity contribution in [3.63, 3.8) is 0 Å². The Balaban J connectivity index is 1.07. The second-order valence-corrected chi connectivity index (χ2v) is 12.6. The predicted molar refractivity (Wildman–Crippen MR) is 208 cm³/mol. The van der Waals surface area contributed by atoms with Crippen LogP contribution in [0.1, 0.15) is 5.69 Å². The van der Waals surface area contributed by atoms with Crippen LogP contribution in [-0.2, 0) is 0 Å². The molecule has 0 fully saturated rings. The predicted octanol–water partition coefficient (Wildman–Crippen LogP) is 11.3. The Morgan fingerprint density at radius 3 is 1.84 bits per heavy atom. The lowest BCUT2D eigenvalue weighted by molar-refractivity contribution is 1.16. The summed E-state index contributed by atoms with van der Waals surface area (Å²) < 4.78 is 0. The quantitative estimate of drug-likeness (QED) is 0.167. The Kier molecular flexibility index (Phi) is 7.63. The van der Waals surface area contributed by atoms with Crippen LogP contribution in [0.25, 0.3) is 89.4 Å². The fraction of sp³-hybridized carbons (Fsp3) is 0.0217. The maximum atomic E-state index is 5.19. The highest BCUT2D eigenvalue weighted by atomic mass is 14.9. The lowest BCUT2D eigenvalue weighted by Gasteiger charge is -2.12. The van der Waals surface area contributed by atoms with Crippen LogP contribution in [0.2, 0.25) is 0 Å². The topological polar surface area (TPSA) is 64.5 Å². The van der Waals surface area contributed by atoms with Crippen LogP contribution in [0, 0.1) is 6.92 Å². The molecule has 9 rings (SSSR count). The van der Waals surface area contributed by atoms with Crippen molar-refractivity contribution in [3.05, 3.63) is 176 Å². The molecule has 0 saturated heterocycles. The Bertz CT molecular complexity index is 2620. The Morgan fingerprint density at radius 2 is 1.06 bits per heavy atom. The van der Waals surface area contributed by atoms with Gasteiger partial charge in [0.2, 0.25) is 0 Å². The van der Waals surface area contributed by atoms with Gasteiger partial charge in [0, 0.05) is 39.4 Å². The van der Waals surface area contributed by atoms with Gasteiger partial charge < -0.3 is 0 Å². The smallest absolute Gasteiger partial charge is 0.160 e. The van der Waals surface area contributed by atoms with E-state index in [1.165, 1.54) is 11.1 Å². The van der Waals surface area contributed by atoms with E-state index in [2.05, 4.69) is 115 Å². The number of aryl methyl sites for hydroxylation is 1. The van der Waals surface area contributed by atoms with Gasteiger partial charge in [-0.2, -0.15) is 0 Å². The largest absolute Gasteiger partial charge is 0.255 e. The van der Waals surface area contributed by atoms with Gasteiger partial charge in [0.1, 0.15) is 0 Å². The van der Waals surface area contributed by atoms with Gasteiger partial charge in [-0.05, 0) is 65.6 Å². The average Bonchev–Trinajstić information content (AvgIpc) is 3.21. The third kappa shape index (κ3) is 5.91. The molecule has 0 spiro atoms. The van der Waals surface area contributed by atoms with Crippen molar-refractivity contribution in [2.75, 3.05) is 0 Å². The summed E-state index contributed by atoms with van der Waals surface area (Å²) in [4.78, 5) is 24.6. The van der Waals surface area contributed by atoms with Gasteiger partial charge in [0.25, 0.3) is 0 Å². The summed E-state index contributed by atoms with van der Waals surface area (Å²) in [6.07, 6.45) is 1.79. The van der Waals surface area contributed by atoms with Gasteiger partial charge in [0.05, 0.1) is 33.8 Å². The number of fused-ring (bicyclic) bond motifs is 3. The van der Waals surface area contributed by atoms with Crippen LogP contribution in [0.5, 0.6) is 0 Å². The normalized spacial score (nSPS) is 11.2. The number of hydrogen-bond donors (Lipinski definition) is 0. The van der Waals surface area contributed by atoms with Gasteiger partial charge in [-0.15, -0.1) is 0 Å².